The van der Waals surface area contributed by atoms with Crippen LogP contribution in [0, 0.1) is 17.5 Å². The third kappa shape index (κ3) is 2.85. The minimum absolute atomic E-state index is 0.253. The highest BCUT2D eigenvalue weighted by molar-refractivity contribution is 5.86. The van der Waals surface area contributed by atoms with Crippen molar-refractivity contribution in [2.24, 2.45) is 4.99 Å². The number of hydrogen-bond donors (Lipinski definition) is 1. The van der Waals surface area contributed by atoms with Gasteiger partial charge in [0.2, 0.25) is 0 Å². The lowest BCUT2D eigenvalue weighted by molar-refractivity contribution is 0.448. The van der Waals surface area contributed by atoms with Gasteiger partial charge in [0.05, 0.1) is 0 Å². The number of nitrogens with one attached hydrogen (secondary N) is 1. The summed E-state index contributed by atoms with van der Waals surface area (Å²) in [5, 5.41) is 10.4. The summed E-state index contributed by atoms with van der Waals surface area (Å²) in [4.78, 5) is 3.90. The van der Waals surface area contributed by atoms with E-state index in [1.807, 2.05) is 0 Å². The van der Waals surface area contributed by atoms with Crippen molar-refractivity contribution in [2.75, 3.05) is 7.05 Å². The second kappa shape index (κ2) is 6.04. The highest BCUT2D eigenvalue weighted by atomic mass is 19.2. The second-order valence-corrected chi connectivity index (χ2v) is 4.79. The lowest BCUT2D eigenvalue weighted by Crippen LogP contribution is -1.92. The summed E-state index contributed by atoms with van der Waals surface area (Å²) in [5.74, 6) is -3.92. The predicted molar refractivity (Wildman–Crippen MR) is 80.6 cm³/mol. The Morgan fingerprint density at radius 2 is 1.57 bits per heavy atom. The molecule has 1 N–H and O–H groups in total. The summed E-state index contributed by atoms with van der Waals surface area (Å²) in [6.45, 7) is 0. The van der Waals surface area contributed by atoms with Crippen molar-refractivity contribution in [2.45, 2.75) is 0 Å². The van der Waals surface area contributed by atoms with Crippen molar-refractivity contribution in [3.8, 4) is 22.4 Å². The van der Waals surface area contributed by atoms with E-state index in [-0.39, 0.29) is 5.56 Å². The van der Waals surface area contributed by atoms with Gasteiger partial charge in [0.1, 0.15) is 11.4 Å². The van der Waals surface area contributed by atoms with Gasteiger partial charge in [0.15, 0.2) is 17.5 Å². The number of nitrogens with zero attached hydrogens (tertiary/aromatic N) is 3. The molecular formula is C16H11F3N4. The molecule has 7 heteroatoms. The molecule has 0 spiro atoms. The van der Waals surface area contributed by atoms with Gasteiger partial charge in [-0.1, -0.05) is 29.5 Å². The average molecular weight is 316 g/mol. The van der Waals surface area contributed by atoms with Gasteiger partial charge in [0.25, 0.3) is 0 Å². The Hall–Kier alpha value is -2.96. The lowest BCUT2D eigenvalue weighted by atomic mass is 10.0. The van der Waals surface area contributed by atoms with E-state index >= 15 is 0 Å². The third-order valence-electron chi connectivity index (χ3n) is 3.31. The summed E-state index contributed by atoms with van der Waals surface area (Å²) < 4.78 is 39.6. The Labute approximate surface area is 129 Å². The van der Waals surface area contributed by atoms with Gasteiger partial charge in [-0.15, -0.1) is 5.10 Å². The number of halogens is 3. The van der Waals surface area contributed by atoms with Crippen LogP contribution < -0.4 is 0 Å². The first kappa shape index (κ1) is 15.0. The zero-order valence-corrected chi connectivity index (χ0v) is 12.0. The minimum Gasteiger partial charge on any atom is -0.294 e. The number of rotatable bonds is 3. The number of benzene rings is 2. The van der Waals surface area contributed by atoms with Crippen LogP contribution in [-0.4, -0.2) is 28.7 Å². The molecule has 0 aliphatic rings. The smallest absolute Gasteiger partial charge is 0.194 e. The van der Waals surface area contributed by atoms with E-state index < -0.39 is 17.5 Å². The van der Waals surface area contributed by atoms with Crippen molar-refractivity contribution < 1.29 is 13.2 Å². The Balaban J connectivity index is 1.98. The van der Waals surface area contributed by atoms with Crippen LogP contribution in [0.5, 0.6) is 0 Å². The third-order valence-corrected chi connectivity index (χ3v) is 3.31. The van der Waals surface area contributed by atoms with Crippen LogP contribution in [-0.2, 0) is 0 Å². The molecule has 4 nitrogen and oxygen atoms in total. The zero-order valence-electron chi connectivity index (χ0n) is 12.0. The van der Waals surface area contributed by atoms with Crippen molar-refractivity contribution in [1.82, 2.24) is 15.4 Å². The Morgan fingerprint density at radius 3 is 2.17 bits per heavy atom. The maximum Gasteiger partial charge on any atom is 0.194 e. The Bertz CT molecular complexity index is 846. The van der Waals surface area contributed by atoms with Crippen LogP contribution in [0.4, 0.5) is 13.2 Å². The monoisotopic (exact) mass is 316 g/mol. The Morgan fingerprint density at radius 1 is 0.957 bits per heavy atom. The standard InChI is InChI=1S/C16H11F3N4/c1-20-8-14-16(22-23-21-14)10-4-2-9(3-5-10)11-6-12(17)15(19)13(18)7-11/h2-8H,1H3,(H,21,22,23)/b20-8+. The van der Waals surface area contributed by atoms with E-state index in [0.29, 0.717) is 17.0 Å². The van der Waals surface area contributed by atoms with Gasteiger partial charge >= 0.3 is 0 Å². The van der Waals surface area contributed by atoms with Crippen molar-refractivity contribution in [1.29, 1.82) is 0 Å². The molecular weight excluding hydrogens is 305 g/mol. The number of aromatic amines is 1. The fourth-order valence-corrected chi connectivity index (χ4v) is 2.21. The van der Waals surface area contributed by atoms with Crippen LogP contribution in [0.2, 0.25) is 0 Å². The number of H-pyrrole nitrogens is 1. The zero-order chi connectivity index (χ0) is 16.4. The molecule has 2 aromatic carbocycles. The van der Waals surface area contributed by atoms with Gasteiger partial charge in [0, 0.05) is 18.8 Å². The molecule has 0 saturated carbocycles. The summed E-state index contributed by atoms with van der Waals surface area (Å²) >= 11 is 0. The molecule has 116 valence electrons. The maximum atomic E-state index is 13.3. The predicted octanol–water partition coefficient (Wildman–Crippen LogP) is 3.60. The normalized spacial score (nSPS) is 11.3. The largest absolute Gasteiger partial charge is 0.294 e. The molecule has 0 aliphatic carbocycles. The molecule has 23 heavy (non-hydrogen) atoms. The van der Waals surface area contributed by atoms with E-state index in [0.717, 1.165) is 17.7 Å². The molecule has 3 aromatic rings. The first-order valence-corrected chi connectivity index (χ1v) is 6.68. The maximum absolute atomic E-state index is 13.3. The lowest BCUT2D eigenvalue weighted by Gasteiger charge is -2.05. The van der Waals surface area contributed by atoms with Gasteiger partial charge in [-0.05, 0) is 23.3 Å². The van der Waals surface area contributed by atoms with Gasteiger partial charge in [-0.25, -0.2) is 13.2 Å². The molecule has 0 atom stereocenters. The molecule has 0 fully saturated rings. The minimum atomic E-state index is -1.48. The number of aromatic nitrogens is 3. The van der Waals surface area contributed by atoms with Crippen LogP contribution >= 0.6 is 0 Å². The molecule has 0 aliphatic heterocycles. The first-order valence-electron chi connectivity index (χ1n) is 6.68. The van der Waals surface area contributed by atoms with Gasteiger partial charge in [-0.2, -0.15) is 0 Å². The molecule has 1 heterocycles. The summed E-state index contributed by atoms with van der Waals surface area (Å²) in [6.07, 6.45) is 1.59. The second-order valence-electron chi connectivity index (χ2n) is 4.79. The van der Waals surface area contributed by atoms with Crippen LogP contribution in [0.3, 0.4) is 0 Å². The fourth-order valence-electron chi connectivity index (χ4n) is 2.21. The molecule has 0 bridgehead atoms. The van der Waals surface area contributed by atoms with E-state index in [4.69, 9.17) is 0 Å². The van der Waals surface area contributed by atoms with Crippen molar-refractivity contribution in [3.63, 3.8) is 0 Å². The highest BCUT2D eigenvalue weighted by Gasteiger charge is 2.12. The number of hydrogen-bond acceptors (Lipinski definition) is 3. The van der Waals surface area contributed by atoms with Crippen molar-refractivity contribution >= 4 is 6.21 Å². The SMILES string of the molecule is C/N=C/c1[nH]nnc1-c1ccc(-c2cc(F)c(F)c(F)c2)cc1. The molecule has 0 amide bonds. The summed E-state index contributed by atoms with van der Waals surface area (Å²) in [6, 6.07) is 8.72. The molecule has 3 rings (SSSR count). The molecule has 0 radical (unpaired) electrons. The van der Waals surface area contributed by atoms with E-state index in [1.54, 1.807) is 37.5 Å². The van der Waals surface area contributed by atoms with E-state index in [2.05, 4.69) is 20.4 Å². The van der Waals surface area contributed by atoms with E-state index in [9.17, 15) is 13.2 Å². The van der Waals surface area contributed by atoms with Crippen LogP contribution in [0.1, 0.15) is 5.69 Å². The van der Waals surface area contributed by atoms with Crippen LogP contribution in [0.25, 0.3) is 22.4 Å². The van der Waals surface area contributed by atoms with Crippen molar-refractivity contribution in [3.05, 3.63) is 59.5 Å². The topological polar surface area (TPSA) is 53.9 Å². The first-order chi connectivity index (χ1) is 11.1. The number of aliphatic imine (C=N–C) groups is 1. The van der Waals surface area contributed by atoms with E-state index in [1.165, 1.54) is 0 Å². The molecule has 0 saturated heterocycles. The molecule has 0 unspecified atom stereocenters. The highest BCUT2D eigenvalue weighted by Crippen LogP contribution is 2.26. The van der Waals surface area contributed by atoms with Crippen LogP contribution in [0.15, 0.2) is 41.4 Å². The molecule has 1 aromatic heterocycles. The fraction of sp³-hybridized carbons (Fsp3) is 0.0625. The van der Waals surface area contributed by atoms with Gasteiger partial charge < -0.3 is 0 Å². The summed E-state index contributed by atoms with van der Waals surface area (Å²) in [5.41, 5.74) is 2.84. The quantitative estimate of drug-likeness (QED) is 0.593. The van der Waals surface area contributed by atoms with Gasteiger partial charge in [-0.3, -0.25) is 10.1 Å². The average Bonchev–Trinajstić information content (AvgIpc) is 3.01. The Kier molecular flexibility index (Phi) is 3.92. The summed E-state index contributed by atoms with van der Waals surface area (Å²) in [7, 11) is 1.63.